The van der Waals surface area contributed by atoms with Crippen LogP contribution in [-0.4, -0.2) is 5.78 Å². The second-order valence-corrected chi connectivity index (χ2v) is 5.43. The molecule has 0 spiro atoms. The van der Waals surface area contributed by atoms with Crippen LogP contribution < -0.4 is 9.47 Å². The topological polar surface area (TPSA) is 35.5 Å². The second kappa shape index (κ2) is 7.47. The van der Waals surface area contributed by atoms with Crippen molar-refractivity contribution < 1.29 is 14.3 Å². The molecule has 0 amide bonds. The van der Waals surface area contributed by atoms with Gasteiger partial charge < -0.3 is 9.47 Å². The van der Waals surface area contributed by atoms with E-state index in [1.54, 1.807) is 6.92 Å². The Labute approximate surface area is 141 Å². The molecule has 0 radical (unpaired) electrons. The van der Waals surface area contributed by atoms with Crippen LogP contribution in [-0.2, 0) is 6.61 Å². The maximum atomic E-state index is 11.3. The summed E-state index contributed by atoms with van der Waals surface area (Å²) < 4.78 is 11.5. The predicted molar refractivity (Wildman–Crippen MR) is 93.7 cm³/mol. The molecule has 0 N–H and O–H groups in total. The summed E-state index contributed by atoms with van der Waals surface area (Å²) in [7, 11) is 0. The molecule has 3 rings (SSSR count). The molecule has 3 aromatic rings. The smallest absolute Gasteiger partial charge is 0.159 e. The molecule has 0 saturated carbocycles. The van der Waals surface area contributed by atoms with Crippen molar-refractivity contribution in [3.8, 4) is 17.2 Å². The molecule has 0 bridgehead atoms. The number of Topliss-reactive ketones (excluding diaryl/α,β-unsaturated/α-hetero) is 1. The first-order valence-corrected chi connectivity index (χ1v) is 7.76. The second-order valence-electron chi connectivity index (χ2n) is 5.43. The van der Waals surface area contributed by atoms with E-state index in [2.05, 4.69) is 0 Å². The Hall–Kier alpha value is -3.07. The standard InChI is InChI=1S/C21H18O3/c1-16(22)18-9-7-17(8-10-18)15-23-19-11-13-21(14-12-19)24-20-5-3-2-4-6-20/h2-14H,15H2,1H3. The molecule has 0 aliphatic rings. The average Bonchev–Trinajstić information content (AvgIpc) is 2.62. The van der Waals surface area contributed by atoms with Crippen LogP contribution >= 0.6 is 0 Å². The van der Waals surface area contributed by atoms with Crippen LogP contribution in [0, 0.1) is 0 Å². The van der Waals surface area contributed by atoms with Crippen LogP contribution in [0.5, 0.6) is 17.2 Å². The largest absolute Gasteiger partial charge is 0.489 e. The molecule has 120 valence electrons. The van der Waals surface area contributed by atoms with Crippen LogP contribution in [0.2, 0.25) is 0 Å². The van der Waals surface area contributed by atoms with Gasteiger partial charge in [-0.25, -0.2) is 0 Å². The lowest BCUT2D eigenvalue weighted by Gasteiger charge is -2.09. The van der Waals surface area contributed by atoms with Crippen molar-refractivity contribution in [1.29, 1.82) is 0 Å². The zero-order valence-electron chi connectivity index (χ0n) is 13.4. The highest BCUT2D eigenvalue weighted by Crippen LogP contribution is 2.24. The number of para-hydroxylation sites is 1. The van der Waals surface area contributed by atoms with Crippen LogP contribution in [0.4, 0.5) is 0 Å². The van der Waals surface area contributed by atoms with Crippen molar-refractivity contribution in [2.24, 2.45) is 0 Å². The highest BCUT2D eigenvalue weighted by Gasteiger charge is 2.01. The van der Waals surface area contributed by atoms with Gasteiger partial charge in [0.1, 0.15) is 23.9 Å². The third kappa shape index (κ3) is 4.23. The molecule has 0 aromatic heterocycles. The van der Waals surface area contributed by atoms with Gasteiger partial charge in [-0.1, -0.05) is 42.5 Å². The number of hydrogen-bond acceptors (Lipinski definition) is 3. The van der Waals surface area contributed by atoms with E-state index in [1.807, 2.05) is 78.9 Å². The molecule has 0 aliphatic heterocycles. The van der Waals surface area contributed by atoms with Crippen LogP contribution in [0.3, 0.4) is 0 Å². The van der Waals surface area contributed by atoms with Crippen molar-refractivity contribution in [3.05, 3.63) is 90.0 Å². The van der Waals surface area contributed by atoms with Gasteiger partial charge in [-0.05, 0) is 48.9 Å². The normalized spacial score (nSPS) is 10.2. The molecule has 3 nitrogen and oxygen atoms in total. The Kier molecular flexibility index (Phi) is 4.92. The molecule has 3 heteroatoms. The zero-order chi connectivity index (χ0) is 16.8. The first kappa shape index (κ1) is 15.8. The summed E-state index contributed by atoms with van der Waals surface area (Å²) in [6.07, 6.45) is 0. The quantitative estimate of drug-likeness (QED) is 0.581. The highest BCUT2D eigenvalue weighted by molar-refractivity contribution is 5.93. The summed E-state index contributed by atoms with van der Waals surface area (Å²) in [5, 5.41) is 0. The van der Waals surface area contributed by atoms with E-state index in [0.717, 1.165) is 22.8 Å². The summed E-state index contributed by atoms with van der Waals surface area (Å²) in [5.74, 6) is 2.40. The molecule has 0 atom stereocenters. The Morgan fingerprint density at radius 1 is 0.750 bits per heavy atom. The maximum absolute atomic E-state index is 11.3. The van der Waals surface area contributed by atoms with E-state index in [4.69, 9.17) is 9.47 Å². The van der Waals surface area contributed by atoms with E-state index in [9.17, 15) is 4.79 Å². The van der Waals surface area contributed by atoms with E-state index < -0.39 is 0 Å². The van der Waals surface area contributed by atoms with Crippen molar-refractivity contribution in [2.45, 2.75) is 13.5 Å². The van der Waals surface area contributed by atoms with Gasteiger partial charge in [0.05, 0.1) is 0 Å². The van der Waals surface area contributed by atoms with E-state index in [0.29, 0.717) is 12.2 Å². The minimum atomic E-state index is 0.0662. The minimum absolute atomic E-state index is 0.0662. The Morgan fingerprint density at radius 3 is 1.96 bits per heavy atom. The lowest BCUT2D eigenvalue weighted by atomic mass is 10.1. The SMILES string of the molecule is CC(=O)c1ccc(COc2ccc(Oc3ccccc3)cc2)cc1. The van der Waals surface area contributed by atoms with Crippen molar-refractivity contribution in [3.63, 3.8) is 0 Å². The number of hydrogen-bond donors (Lipinski definition) is 0. The van der Waals surface area contributed by atoms with Gasteiger partial charge in [0, 0.05) is 5.56 Å². The van der Waals surface area contributed by atoms with Gasteiger partial charge in [0.25, 0.3) is 0 Å². The highest BCUT2D eigenvalue weighted by atomic mass is 16.5. The van der Waals surface area contributed by atoms with Crippen LogP contribution in [0.25, 0.3) is 0 Å². The summed E-state index contributed by atoms with van der Waals surface area (Å²) in [6.45, 7) is 2.02. The fourth-order valence-corrected chi connectivity index (χ4v) is 2.23. The zero-order valence-corrected chi connectivity index (χ0v) is 13.4. The molecule has 0 heterocycles. The van der Waals surface area contributed by atoms with Gasteiger partial charge >= 0.3 is 0 Å². The maximum Gasteiger partial charge on any atom is 0.159 e. The van der Waals surface area contributed by atoms with Crippen molar-refractivity contribution in [1.82, 2.24) is 0 Å². The Bertz CT molecular complexity index is 791. The summed E-state index contributed by atoms with van der Waals surface area (Å²) in [5.41, 5.74) is 1.73. The average molecular weight is 318 g/mol. The molecule has 0 unspecified atom stereocenters. The summed E-state index contributed by atoms with van der Waals surface area (Å²) in [4.78, 5) is 11.3. The molecule has 0 aliphatic carbocycles. The van der Waals surface area contributed by atoms with Crippen molar-refractivity contribution >= 4 is 5.78 Å². The van der Waals surface area contributed by atoms with E-state index >= 15 is 0 Å². The lowest BCUT2D eigenvalue weighted by molar-refractivity contribution is 0.101. The monoisotopic (exact) mass is 318 g/mol. The third-order valence-corrected chi connectivity index (χ3v) is 3.57. The third-order valence-electron chi connectivity index (χ3n) is 3.57. The summed E-state index contributed by atoms with van der Waals surface area (Å²) in [6, 6.07) is 24.6. The fraction of sp³-hybridized carbons (Fsp3) is 0.0952. The number of benzene rings is 3. The molecular weight excluding hydrogens is 300 g/mol. The van der Waals surface area contributed by atoms with Crippen LogP contribution in [0.1, 0.15) is 22.8 Å². The number of rotatable bonds is 6. The number of ether oxygens (including phenoxy) is 2. The Balaban J connectivity index is 1.57. The van der Waals surface area contributed by atoms with Gasteiger partial charge in [0.15, 0.2) is 5.78 Å². The van der Waals surface area contributed by atoms with Crippen molar-refractivity contribution in [2.75, 3.05) is 0 Å². The molecule has 0 saturated heterocycles. The minimum Gasteiger partial charge on any atom is -0.489 e. The molecular formula is C21H18O3. The predicted octanol–water partition coefficient (Wildman–Crippen LogP) is 5.26. The Morgan fingerprint density at radius 2 is 1.33 bits per heavy atom. The molecule has 0 fully saturated rings. The first-order valence-electron chi connectivity index (χ1n) is 7.76. The number of ketones is 1. The van der Waals surface area contributed by atoms with Gasteiger partial charge in [-0.2, -0.15) is 0 Å². The van der Waals surface area contributed by atoms with Gasteiger partial charge in [-0.3, -0.25) is 4.79 Å². The van der Waals surface area contributed by atoms with Gasteiger partial charge in [-0.15, -0.1) is 0 Å². The fourth-order valence-electron chi connectivity index (χ4n) is 2.23. The van der Waals surface area contributed by atoms with Gasteiger partial charge in [0.2, 0.25) is 0 Å². The summed E-state index contributed by atoms with van der Waals surface area (Å²) >= 11 is 0. The van der Waals surface area contributed by atoms with Crippen LogP contribution in [0.15, 0.2) is 78.9 Å². The number of carbonyl (C=O) groups excluding carboxylic acids is 1. The molecule has 24 heavy (non-hydrogen) atoms. The molecule has 3 aromatic carbocycles. The first-order chi connectivity index (χ1) is 11.7. The van der Waals surface area contributed by atoms with E-state index in [1.165, 1.54) is 0 Å². The number of carbonyl (C=O) groups is 1. The lowest BCUT2D eigenvalue weighted by Crippen LogP contribution is -1.97. The van der Waals surface area contributed by atoms with E-state index in [-0.39, 0.29) is 5.78 Å².